The minimum atomic E-state index is 0.631. The van der Waals surface area contributed by atoms with Gasteiger partial charge in [-0.15, -0.1) is 0 Å². The van der Waals surface area contributed by atoms with Gasteiger partial charge in [0.2, 0.25) is 5.88 Å². The predicted octanol–water partition coefficient (Wildman–Crippen LogP) is 4.05. The molecule has 0 saturated carbocycles. The van der Waals surface area contributed by atoms with E-state index in [1.165, 1.54) is 5.56 Å². The lowest BCUT2D eigenvalue weighted by molar-refractivity contribution is 0.460. The molecule has 0 aliphatic carbocycles. The molecule has 0 aliphatic heterocycles. The zero-order valence-electron chi connectivity index (χ0n) is 11.1. The van der Waals surface area contributed by atoms with E-state index in [2.05, 4.69) is 39.2 Å². The van der Waals surface area contributed by atoms with E-state index < -0.39 is 0 Å². The molecule has 1 aromatic heterocycles. The molecule has 0 amide bonds. The van der Waals surface area contributed by atoms with Gasteiger partial charge in [0.25, 0.3) is 0 Å². The molecule has 2 aromatic rings. The molecular weight excluding hydrogens is 304 g/mol. The second-order valence-electron chi connectivity index (χ2n) is 4.29. The topological polar surface area (TPSA) is 34.2 Å². The first kappa shape index (κ1) is 14.0. The molecule has 100 valence electrons. The van der Waals surface area contributed by atoms with Gasteiger partial charge in [-0.3, -0.25) is 0 Å². The number of aromatic nitrogens is 1. The molecule has 0 aliphatic rings. The van der Waals surface area contributed by atoms with Crippen molar-refractivity contribution in [1.29, 1.82) is 0 Å². The van der Waals surface area contributed by atoms with Gasteiger partial charge in [0.05, 0.1) is 0 Å². The zero-order valence-corrected chi connectivity index (χ0v) is 12.7. The number of nitrogens with one attached hydrogen (secondary N) is 1. The number of pyridine rings is 1. The van der Waals surface area contributed by atoms with Crippen molar-refractivity contribution in [3.8, 4) is 11.6 Å². The van der Waals surface area contributed by atoms with Gasteiger partial charge < -0.3 is 10.1 Å². The van der Waals surface area contributed by atoms with E-state index in [1.54, 1.807) is 0 Å². The highest BCUT2D eigenvalue weighted by atomic mass is 79.9. The Hall–Kier alpha value is -1.39. The van der Waals surface area contributed by atoms with E-state index in [0.717, 1.165) is 29.0 Å². The second-order valence-corrected chi connectivity index (χ2v) is 5.21. The smallest absolute Gasteiger partial charge is 0.219 e. The van der Waals surface area contributed by atoms with Crippen LogP contribution in [0.4, 0.5) is 0 Å². The largest absolute Gasteiger partial charge is 0.439 e. The Kier molecular flexibility index (Phi) is 4.93. The lowest BCUT2D eigenvalue weighted by atomic mass is 10.2. The molecule has 0 fully saturated rings. The quantitative estimate of drug-likeness (QED) is 0.902. The highest BCUT2D eigenvalue weighted by Gasteiger charge is 2.03. The summed E-state index contributed by atoms with van der Waals surface area (Å²) in [5.74, 6) is 1.41. The van der Waals surface area contributed by atoms with E-state index in [0.29, 0.717) is 5.88 Å². The summed E-state index contributed by atoms with van der Waals surface area (Å²) in [6, 6.07) is 11.8. The minimum Gasteiger partial charge on any atom is -0.439 e. The standard InChI is InChI=1S/C15H17BrN2O/c1-3-17-10-12-7-11(2)18-15(8-12)19-14-6-4-5-13(16)9-14/h4-9,17H,3,10H2,1-2H3. The van der Waals surface area contributed by atoms with Crippen molar-refractivity contribution >= 4 is 15.9 Å². The van der Waals surface area contributed by atoms with Crippen LogP contribution in [0.25, 0.3) is 0 Å². The van der Waals surface area contributed by atoms with Crippen molar-refractivity contribution in [1.82, 2.24) is 10.3 Å². The van der Waals surface area contributed by atoms with E-state index in [-0.39, 0.29) is 0 Å². The van der Waals surface area contributed by atoms with Crippen LogP contribution in [0.2, 0.25) is 0 Å². The van der Waals surface area contributed by atoms with E-state index in [1.807, 2.05) is 37.3 Å². The number of benzene rings is 1. The summed E-state index contributed by atoms with van der Waals surface area (Å²) < 4.78 is 6.78. The van der Waals surface area contributed by atoms with Crippen molar-refractivity contribution < 1.29 is 4.74 Å². The van der Waals surface area contributed by atoms with Crippen LogP contribution in [0.5, 0.6) is 11.6 Å². The van der Waals surface area contributed by atoms with Crippen molar-refractivity contribution in [3.63, 3.8) is 0 Å². The van der Waals surface area contributed by atoms with Crippen molar-refractivity contribution in [2.45, 2.75) is 20.4 Å². The van der Waals surface area contributed by atoms with Gasteiger partial charge in [-0.2, -0.15) is 0 Å². The van der Waals surface area contributed by atoms with Gasteiger partial charge in [-0.25, -0.2) is 4.98 Å². The first-order valence-electron chi connectivity index (χ1n) is 6.29. The fraction of sp³-hybridized carbons (Fsp3) is 0.267. The van der Waals surface area contributed by atoms with E-state index in [9.17, 15) is 0 Å². The molecule has 4 heteroatoms. The number of rotatable bonds is 5. The first-order valence-corrected chi connectivity index (χ1v) is 7.08. The zero-order chi connectivity index (χ0) is 13.7. The van der Waals surface area contributed by atoms with Gasteiger partial charge in [0.1, 0.15) is 5.75 Å². The Labute approximate surface area is 122 Å². The molecular formula is C15H17BrN2O. The summed E-state index contributed by atoms with van der Waals surface area (Å²) in [6.45, 7) is 5.84. The third-order valence-corrected chi connectivity index (χ3v) is 3.08. The highest BCUT2D eigenvalue weighted by Crippen LogP contribution is 2.24. The average Bonchev–Trinajstić information content (AvgIpc) is 2.35. The number of hydrogen-bond acceptors (Lipinski definition) is 3. The van der Waals surface area contributed by atoms with Crippen molar-refractivity contribution in [3.05, 3.63) is 52.1 Å². The van der Waals surface area contributed by atoms with Crippen LogP contribution in [0.1, 0.15) is 18.2 Å². The fourth-order valence-corrected chi connectivity index (χ4v) is 2.16. The Morgan fingerprint density at radius 3 is 2.84 bits per heavy atom. The molecule has 0 bridgehead atoms. The Morgan fingerprint density at radius 2 is 2.11 bits per heavy atom. The molecule has 19 heavy (non-hydrogen) atoms. The maximum atomic E-state index is 5.79. The molecule has 0 unspecified atom stereocenters. The lowest BCUT2D eigenvalue weighted by Crippen LogP contribution is -2.12. The molecule has 1 aromatic carbocycles. The molecule has 2 rings (SSSR count). The van der Waals surface area contributed by atoms with Crippen LogP contribution < -0.4 is 10.1 Å². The summed E-state index contributed by atoms with van der Waals surface area (Å²) in [5, 5.41) is 3.30. The summed E-state index contributed by atoms with van der Waals surface area (Å²) >= 11 is 3.43. The van der Waals surface area contributed by atoms with Gasteiger partial charge in [0.15, 0.2) is 0 Å². The monoisotopic (exact) mass is 320 g/mol. The predicted molar refractivity (Wildman–Crippen MR) is 80.6 cm³/mol. The maximum absolute atomic E-state index is 5.79. The van der Waals surface area contributed by atoms with Gasteiger partial charge in [0, 0.05) is 22.8 Å². The number of halogens is 1. The van der Waals surface area contributed by atoms with Crippen LogP contribution in [0.15, 0.2) is 40.9 Å². The van der Waals surface area contributed by atoms with Crippen LogP contribution in [0.3, 0.4) is 0 Å². The molecule has 1 N–H and O–H groups in total. The van der Waals surface area contributed by atoms with Crippen LogP contribution in [-0.4, -0.2) is 11.5 Å². The fourth-order valence-electron chi connectivity index (χ4n) is 1.78. The number of aryl methyl sites for hydroxylation is 1. The maximum Gasteiger partial charge on any atom is 0.219 e. The Balaban J connectivity index is 2.17. The molecule has 0 radical (unpaired) electrons. The molecule has 0 atom stereocenters. The Morgan fingerprint density at radius 1 is 1.26 bits per heavy atom. The molecule has 3 nitrogen and oxygen atoms in total. The van der Waals surface area contributed by atoms with E-state index >= 15 is 0 Å². The average molecular weight is 321 g/mol. The van der Waals surface area contributed by atoms with Gasteiger partial charge in [-0.1, -0.05) is 28.9 Å². The summed E-state index contributed by atoms with van der Waals surface area (Å²) in [4.78, 5) is 4.40. The number of nitrogens with zero attached hydrogens (tertiary/aromatic N) is 1. The minimum absolute atomic E-state index is 0.631. The second kappa shape index (κ2) is 6.68. The Bertz CT molecular complexity index is 558. The first-order chi connectivity index (χ1) is 9.17. The van der Waals surface area contributed by atoms with Gasteiger partial charge >= 0.3 is 0 Å². The SMILES string of the molecule is CCNCc1cc(C)nc(Oc2cccc(Br)c2)c1. The third kappa shape index (κ3) is 4.33. The summed E-state index contributed by atoms with van der Waals surface area (Å²) in [6.07, 6.45) is 0. The summed E-state index contributed by atoms with van der Waals surface area (Å²) in [7, 11) is 0. The van der Waals surface area contributed by atoms with Crippen LogP contribution >= 0.6 is 15.9 Å². The number of ether oxygens (including phenoxy) is 1. The van der Waals surface area contributed by atoms with Gasteiger partial charge in [-0.05, 0) is 43.3 Å². The molecule has 1 heterocycles. The third-order valence-electron chi connectivity index (χ3n) is 2.59. The number of hydrogen-bond donors (Lipinski definition) is 1. The highest BCUT2D eigenvalue weighted by molar-refractivity contribution is 9.10. The normalized spacial score (nSPS) is 10.5. The van der Waals surface area contributed by atoms with Crippen LogP contribution in [0, 0.1) is 6.92 Å². The molecule has 0 saturated heterocycles. The summed E-state index contributed by atoms with van der Waals surface area (Å²) in [5.41, 5.74) is 2.14. The molecule has 0 spiro atoms. The lowest BCUT2D eigenvalue weighted by Gasteiger charge is -2.09. The van der Waals surface area contributed by atoms with Crippen molar-refractivity contribution in [2.24, 2.45) is 0 Å². The van der Waals surface area contributed by atoms with Crippen molar-refractivity contribution in [2.75, 3.05) is 6.54 Å². The van der Waals surface area contributed by atoms with E-state index in [4.69, 9.17) is 4.74 Å². The van der Waals surface area contributed by atoms with Crippen LogP contribution in [-0.2, 0) is 6.54 Å².